The van der Waals surface area contributed by atoms with Crippen LogP contribution in [-0.4, -0.2) is 14.5 Å². The minimum absolute atomic E-state index is 0.899. The molecule has 4 heterocycles. The summed E-state index contributed by atoms with van der Waals surface area (Å²) in [4.78, 5) is 20.2. The van der Waals surface area contributed by atoms with Crippen LogP contribution in [0.5, 0.6) is 0 Å². The molecule has 0 amide bonds. The molecule has 0 aliphatic rings. The fourth-order valence-electron chi connectivity index (χ4n) is 18.5. The van der Waals surface area contributed by atoms with Gasteiger partial charge in [0.1, 0.15) is 21.2 Å². The van der Waals surface area contributed by atoms with Gasteiger partial charge >= 0.3 is 0 Å². The van der Waals surface area contributed by atoms with Crippen LogP contribution in [0.15, 0.2) is 508 Å². The lowest BCUT2D eigenvalue weighted by atomic mass is 9.98. The Labute approximate surface area is 773 Å². The maximum absolute atomic E-state index is 6.42. The molecule has 0 saturated carbocycles. The molecule has 624 valence electrons. The summed E-state index contributed by atoms with van der Waals surface area (Å²) in [6, 6.07) is 179. The van der Waals surface area contributed by atoms with Gasteiger partial charge in [0.25, 0.3) is 0 Å². The summed E-state index contributed by atoms with van der Waals surface area (Å²) in [6.07, 6.45) is 0. The van der Waals surface area contributed by atoms with Crippen LogP contribution in [0.3, 0.4) is 0 Å². The molecule has 24 rings (SSSR count). The van der Waals surface area contributed by atoms with Gasteiger partial charge in [-0.25, -0.2) is 9.97 Å². The highest BCUT2D eigenvalue weighted by atomic mass is 32.1. The van der Waals surface area contributed by atoms with Gasteiger partial charge in [0, 0.05) is 134 Å². The minimum Gasteiger partial charge on any atom is -0.455 e. The molecule has 0 atom stereocenters. The van der Waals surface area contributed by atoms with E-state index in [1.165, 1.54) is 21.8 Å². The van der Waals surface area contributed by atoms with E-state index in [2.05, 4.69) is 516 Å². The van der Waals surface area contributed by atoms with Crippen molar-refractivity contribution in [3.63, 3.8) is 0 Å². The van der Waals surface area contributed by atoms with Crippen LogP contribution >= 0.6 is 22.7 Å². The summed E-state index contributed by atoms with van der Waals surface area (Å²) in [5.74, 6) is 0. The highest BCUT2D eigenvalue weighted by Crippen LogP contribution is 2.49. The van der Waals surface area contributed by atoms with Crippen LogP contribution in [-0.2, 0) is 0 Å². The molecule has 0 N–H and O–H groups in total. The lowest BCUT2D eigenvalue weighted by Gasteiger charge is -2.25. The first-order valence-electron chi connectivity index (χ1n) is 44.5. The number of anilines is 12. The Kier molecular flexibility index (Phi) is 21.3. The number of hydrogen-bond acceptors (Lipinski definition) is 9. The van der Waals surface area contributed by atoms with E-state index in [0.29, 0.717) is 0 Å². The molecule has 0 bridgehead atoms. The summed E-state index contributed by atoms with van der Waals surface area (Å²) >= 11 is 3.51. The van der Waals surface area contributed by atoms with E-state index in [0.717, 1.165) is 193 Å². The van der Waals surface area contributed by atoms with Crippen molar-refractivity contribution in [1.82, 2.24) is 14.5 Å². The number of furan rings is 1. The van der Waals surface area contributed by atoms with Crippen molar-refractivity contribution in [3.8, 4) is 82.5 Å². The van der Waals surface area contributed by atoms with Crippen molar-refractivity contribution in [2.45, 2.75) is 0 Å². The minimum atomic E-state index is 0.899. The van der Waals surface area contributed by atoms with E-state index in [-0.39, 0.29) is 0 Å². The first-order valence-corrected chi connectivity index (χ1v) is 46.1. The van der Waals surface area contributed by atoms with Crippen LogP contribution < -0.4 is 19.6 Å². The van der Waals surface area contributed by atoms with E-state index < -0.39 is 0 Å². The standard InChI is InChI=1S/C61H42N4S.C61H41N3OS/c1-5-17-46(18-6-1)63(47-19-7-2-8-20-47)50-35-29-43(30-36-50)53-41-42-54(44-31-37-51(38-32-44)64(48-21-9-3-10-22-48)49-23-11-4-12-24-49)60-59(53)62-61(66-60)45-33-39-52(40-34-45)65-57-27-15-13-25-55(57)56-26-14-16-28-58(56)65;1-5-16-46(17-6-1)63(47-18-7-2-8-19-47)50-36-32-42(33-37-50)52-40-41-54(44-34-38-51(39-35-44)64(48-20-9-3-10-21-48)49-22-11-4-12-23-49)60-58(52)62-61(66-60)45-30-28-43(29-31-45)53-25-15-26-56-55-24-13-14-27-57(55)65-59(53)56/h1-42H;1-41H. The van der Waals surface area contributed by atoms with Gasteiger partial charge in [-0.3, -0.25) is 0 Å². The van der Waals surface area contributed by atoms with Crippen LogP contribution in [0.2, 0.25) is 0 Å². The molecular weight excluding hydrogens is 1640 g/mol. The van der Waals surface area contributed by atoms with Gasteiger partial charge in [-0.05, 0) is 216 Å². The number of aromatic nitrogens is 3. The molecular formula is C122H83N7OS2. The van der Waals surface area contributed by atoms with Crippen molar-refractivity contribution in [2.75, 3.05) is 19.6 Å². The zero-order valence-corrected chi connectivity index (χ0v) is 73.4. The fourth-order valence-corrected chi connectivity index (χ4v) is 20.7. The molecule has 0 fully saturated rings. The number of rotatable bonds is 20. The second-order valence-corrected chi connectivity index (χ2v) is 34.7. The average Bonchev–Trinajstić information content (AvgIpc) is 1.62. The highest BCUT2D eigenvalue weighted by molar-refractivity contribution is 7.22. The third-order valence-corrected chi connectivity index (χ3v) is 27.0. The zero-order chi connectivity index (χ0) is 87.6. The van der Waals surface area contributed by atoms with Gasteiger partial charge in [-0.1, -0.05) is 315 Å². The summed E-state index contributed by atoms with van der Waals surface area (Å²) in [5, 5.41) is 6.72. The molecule has 8 nitrogen and oxygen atoms in total. The van der Waals surface area contributed by atoms with E-state index >= 15 is 0 Å². The van der Waals surface area contributed by atoms with E-state index in [9.17, 15) is 0 Å². The van der Waals surface area contributed by atoms with E-state index in [1.54, 1.807) is 22.7 Å². The number of para-hydroxylation sites is 12. The monoisotopic (exact) mass is 1730 g/mol. The Morgan fingerprint density at radius 3 is 0.780 bits per heavy atom. The summed E-state index contributed by atoms with van der Waals surface area (Å²) < 4.78 is 11.1. The molecule has 0 saturated heterocycles. The Hall–Kier alpha value is -17.0. The fraction of sp³-hybridized carbons (Fsp3) is 0. The Bertz CT molecular complexity index is 7640. The lowest BCUT2D eigenvalue weighted by Crippen LogP contribution is -2.09. The van der Waals surface area contributed by atoms with E-state index in [4.69, 9.17) is 14.4 Å². The maximum Gasteiger partial charge on any atom is 0.143 e. The van der Waals surface area contributed by atoms with Crippen LogP contribution in [0, 0.1) is 0 Å². The molecule has 0 radical (unpaired) electrons. The van der Waals surface area contributed by atoms with E-state index in [1.807, 2.05) is 12.1 Å². The predicted molar refractivity (Wildman–Crippen MR) is 558 cm³/mol. The van der Waals surface area contributed by atoms with Gasteiger partial charge in [-0.2, -0.15) is 0 Å². The number of hydrogen-bond donors (Lipinski definition) is 0. The van der Waals surface area contributed by atoms with Crippen LogP contribution in [0.25, 0.3) is 147 Å². The van der Waals surface area contributed by atoms with Gasteiger partial charge in [0.15, 0.2) is 0 Å². The summed E-state index contributed by atoms with van der Waals surface area (Å²) in [5.41, 5.74) is 33.9. The molecule has 0 aliphatic heterocycles. The Morgan fingerprint density at radius 2 is 0.439 bits per heavy atom. The third kappa shape index (κ3) is 15.3. The molecule has 4 aromatic heterocycles. The number of benzene rings is 20. The van der Waals surface area contributed by atoms with Crippen molar-refractivity contribution in [2.24, 2.45) is 0 Å². The van der Waals surface area contributed by atoms with Crippen molar-refractivity contribution >= 4 is 155 Å². The lowest BCUT2D eigenvalue weighted by molar-refractivity contribution is 0.670. The molecule has 24 aromatic rings. The number of thiazole rings is 2. The smallest absolute Gasteiger partial charge is 0.143 e. The van der Waals surface area contributed by atoms with Crippen LogP contribution in [0.1, 0.15) is 0 Å². The summed E-state index contributed by atoms with van der Waals surface area (Å²) in [7, 11) is 0. The zero-order valence-electron chi connectivity index (χ0n) is 71.8. The SMILES string of the molecule is c1ccc(N(c2ccccc2)c2ccc(-c3ccc(-c4ccc(N(c5ccccc5)c5ccccc5)cc4)c4sc(-c5ccc(-c6cccc7c6oc6ccccc67)cc5)nc34)cc2)cc1.c1ccc(N(c2ccccc2)c2ccc(-c3ccc(-c4ccc(N(c5ccccc5)c5ccccc5)cc4)c4sc(-c5ccc(-n6c7ccccc7c7ccccc76)cc5)nc34)cc2)cc1. The molecule has 0 aliphatic carbocycles. The number of nitrogens with zero attached hydrogens (tertiary/aromatic N) is 7. The van der Waals surface area contributed by atoms with Crippen molar-refractivity contribution in [3.05, 3.63) is 504 Å². The normalized spacial score (nSPS) is 11.3. The van der Waals surface area contributed by atoms with Gasteiger partial charge < -0.3 is 28.6 Å². The van der Waals surface area contributed by atoms with Crippen molar-refractivity contribution < 1.29 is 4.42 Å². The average molecular weight is 1730 g/mol. The predicted octanol–water partition coefficient (Wildman–Crippen LogP) is 35.1. The van der Waals surface area contributed by atoms with Crippen molar-refractivity contribution in [1.29, 1.82) is 0 Å². The Morgan fingerprint density at radius 1 is 0.189 bits per heavy atom. The molecule has 20 aromatic carbocycles. The highest BCUT2D eigenvalue weighted by Gasteiger charge is 2.25. The maximum atomic E-state index is 6.42. The van der Waals surface area contributed by atoms with Crippen LogP contribution in [0.4, 0.5) is 68.2 Å². The molecule has 132 heavy (non-hydrogen) atoms. The van der Waals surface area contributed by atoms with Gasteiger partial charge in [0.2, 0.25) is 0 Å². The second kappa shape index (κ2) is 35.3. The first kappa shape index (κ1) is 79.6. The van der Waals surface area contributed by atoms with Gasteiger partial charge in [0.05, 0.1) is 31.5 Å². The van der Waals surface area contributed by atoms with Gasteiger partial charge in [-0.15, -0.1) is 22.7 Å². The third-order valence-electron chi connectivity index (χ3n) is 24.7. The number of fused-ring (bicyclic) bond motifs is 8. The topological polar surface area (TPSA) is 56.8 Å². The molecule has 10 heteroatoms. The first-order chi connectivity index (χ1) is 65.5. The summed E-state index contributed by atoms with van der Waals surface area (Å²) in [6.45, 7) is 0. The molecule has 0 spiro atoms. The largest absolute Gasteiger partial charge is 0.455 e. The second-order valence-electron chi connectivity index (χ2n) is 32.7. The quantitative estimate of drug-likeness (QED) is 0.0754. The molecule has 0 unspecified atom stereocenters. The Balaban J connectivity index is 0.000000150.